The number of aromatic nitrogens is 4. The third kappa shape index (κ3) is 5.23. The second-order valence-corrected chi connectivity index (χ2v) is 11.6. The van der Waals surface area contributed by atoms with Crippen LogP contribution in [0, 0.1) is 20.8 Å². The van der Waals surface area contributed by atoms with Crippen molar-refractivity contribution in [2.75, 3.05) is 38.6 Å². The van der Waals surface area contributed by atoms with Gasteiger partial charge in [-0.05, 0) is 83.1 Å². The number of hydrogen-bond acceptors (Lipinski definition) is 7. The van der Waals surface area contributed by atoms with E-state index in [1.807, 2.05) is 55.8 Å². The number of aryl methyl sites for hydroxylation is 3. The van der Waals surface area contributed by atoms with E-state index in [0.29, 0.717) is 22.6 Å². The zero-order valence-electron chi connectivity index (χ0n) is 24.5. The molecule has 0 amide bonds. The van der Waals surface area contributed by atoms with Gasteiger partial charge < -0.3 is 39.7 Å². The fourth-order valence-electron chi connectivity index (χ4n) is 6.04. The number of ether oxygens (including phenoxy) is 1. The molecule has 10 heteroatoms. The molecule has 1 aliphatic rings. The number of aromatic amines is 2. The third-order valence-corrected chi connectivity index (χ3v) is 8.37. The number of aliphatic hydroxyl groups excluding tert-OH is 1. The Labute approximate surface area is 244 Å². The molecule has 4 heterocycles. The van der Waals surface area contributed by atoms with Crippen LogP contribution in [0.3, 0.4) is 0 Å². The number of likely N-dealkylation sites (tertiary alicyclic amines) is 1. The molecule has 5 N–H and O–H groups in total. The zero-order valence-corrected chi connectivity index (χ0v) is 24.5. The molecule has 0 unspecified atom stereocenters. The number of hydrogen-bond donors (Lipinski definition) is 5. The largest absolute Gasteiger partial charge is 0.494 e. The van der Waals surface area contributed by atoms with E-state index in [0.717, 1.165) is 64.7 Å². The number of aliphatic hydroxyl groups is 1. The number of aromatic hydroxyl groups is 1. The van der Waals surface area contributed by atoms with Gasteiger partial charge >= 0.3 is 0 Å². The second kappa shape index (κ2) is 11.2. The highest BCUT2D eigenvalue weighted by Crippen LogP contribution is 2.39. The van der Waals surface area contributed by atoms with Crippen LogP contribution in [0.5, 0.6) is 11.6 Å². The molecule has 10 nitrogen and oxygen atoms in total. The van der Waals surface area contributed by atoms with Crippen LogP contribution in [-0.4, -0.2) is 74.0 Å². The summed E-state index contributed by atoms with van der Waals surface area (Å²) in [4.78, 5) is 26.2. The zero-order chi connectivity index (χ0) is 29.5. The minimum atomic E-state index is -0.805. The van der Waals surface area contributed by atoms with Crippen molar-refractivity contribution in [3.8, 4) is 23.0 Å². The first kappa shape index (κ1) is 27.9. The SMILES string of the molecule is Cc1ccc(OC[C@H](O)CNc2cc[nH]c(=O)c2-c2nc3c(C)c4c(O)n(C5CCN(C)CC5)cc4cc3[nH]2)c(C)c1. The molecule has 0 aliphatic carbocycles. The smallest absolute Gasteiger partial charge is 0.261 e. The van der Waals surface area contributed by atoms with Crippen molar-refractivity contribution < 1.29 is 14.9 Å². The van der Waals surface area contributed by atoms with Crippen LogP contribution in [0.2, 0.25) is 0 Å². The lowest BCUT2D eigenvalue weighted by molar-refractivity contribution is 0.117. The highest BCUT2D eigenvalue weighted by molar-refractivity contribution is 6.03. The number of nitrogens with one attached hydrogen (secondary N) is 3. The topological polar surface area (TPSA) is 131 Å². The van der Waals surface area contributed by atoms with Gasteiger partial charge in [0, 0.05) is 35.8 Å². The number of pyridine rings is 1. The lowest BCUT2D eigenvalue weighted by Gasteiger charge is -2.30. The van der Waals surface area contributed by atoms with Crippen molar-refractivity contribution in [1.29, 1.82) is 0 Å². The van der Waals surface area contributed by atoms with E-state index in [9.17, 15) is 15.0 Å². The third-order valence-electron chi connectivity index (χ3n) is 8.37. The van der Waals surface area contributed by atoms with Crippen LogP contribution in [0.1, 0.15) is 35.6 Å². The average molecular weight is 571 g/mol. The number of H-pyrrole nitrogens is 2. The standard InChI is InChI=1S/C32H38N6O4/c1-18-5-6-26(19(2)13-18)42-17-23(39)15-34-24-7-10-33-31(40)28(24)30-35-25-14-21-16-38(22-8-11-37(4)12-9-22)32(41)27(21)20(3)29(25)36-30/h5-7,10,13-14,16,22-23,39,41H,8-9,11-12,15,17H2,1-4H3,(H,35,36)(H2,33,34,40)/t23-/m1/s1. The summed E-state index contributed by atoms with van der Waals surface area (Å²) in [5.74, 6) is 1.41. The van der Waals surface area contributed by atoms with Gasteiger partial charge in [-0.25, -0.2) is 4.98 Å². The summed E-state index contributed by atoms with van der Waals surface area (Å²) < 4.78 is 7.83. The number of anilines is 1. The van der Waals surface area contributed by atoms with Gasteiger partial charge in [0.2, 0.25) is 0 Å². The molecule has 6 rings (SSSR count). The Morgan fingerprint density at radius 3 is 2.71 bits per heavy atom. The van der Waals surface area contributed by atoms with Gasteiger partial charge in [-0.15, -0.1) is 0 Å². The van der Waals surface area contributed by atoms with Crippen molar-refractivity contribution in [1.82, 2.24) is 24.4 Å². The molecule has 5 aromatic rings. The molecular formula is C32H38N6O4. The van der Waals surface area contributed by atoms with Crippen molar-refractivity contribution >= 4 is 27.5 Å². The minimum absolute atomic E-state index is 0.107. The fraction of sp³-hybridized carbons (Fsp3) is 0.375. The summed E-state index contributed by atoms with van der Waals surface area (Å²) in [5, 5.41) is 26.8. The van der Waals surface area contributed by atoms with Gasteiger partial charge in [0.25, 0.3) is 5.56 Å². The summed E-state index contributed by atoms with van der Waals surface area (Å²) in [6.07, 6.45) is 4.76. The molecule has 220 valence electrons. The number of imidazole rings is 1. The predicted molar refractivity (Wildman–Crippen MR) is 166 cm³/mol. The molecule has 1 atom stereocenters. The highest BCUT2D eigenvalue weighted by Gasteiger charge is 2.24. The van der Waals surface area contributed by atoms with Crippen molar-refractivity contribution in [2.24, 2.45) is 0 Å². The van der Waals surface area contributed by atoms with E-state index in [-0.39, 0.29) is 30.6 Å². The average Bonchev–Trinajstić information content (AvgIpc) is 3.53. The Morgan fingerprint density at radius 1 is 1.17 bits per heavy atom. The van der Waals surface area contributed by atoms with Gasteiger partial charge in [-0.2, -0.15) is 0 Å². The highest BCUT2D eigenvalue weighted by atomic mass is 16.5. The molecule has 0 saturated carbocycles. The molecule has 2 aromatic carbocycles. The molecule has 0 bridgehead atoms. The van der Waals surface area contributed by atoms with Crippen molar-refractivity contribution in [3.63, 3.8) is 0 Å². The quantitative estimate of drug-likeness (QED) is 0.184. The van der Waals surface area contributed by atoms with Crippen LogP contribution in [-0.2, 0) is 0 Å². The van der Waals surface area contributed by atoms with E-state index < -0.39 is 6.10 Å². The van der Waals surface area contributed by atoms with E-state index in [4.69, 9.17) is 9.72 Å². The molecule has 0 radical (unpaired) electrons. The Balaban J connectivity index is 1.25. The predicted octanol–water partition coefficient (Wildman–Crippen LogP) is 4.62. The lowest BCUT2D eigenvalue weighted by atomic mass is 10.1. The Morgan fingerprint density at radius 2 is 1.95 bits per heavy atom. The Hall–Kier alpha value is -4.28. The number of fused-ring (bicyclic) bond motifs is 2. The summed E-state index contributed by atoms with van der Waals surface area (Å²) in [6.45, 7) is 8.24. The summed E-state index contributed by atoms with van der Waals surface area (Å²) in [5.41, 5.74) is 5.09. The summed E-state index contributed by atoms with van der Waals surface area (Å²) >= 11 is 0. The lowest BCUT2D eigenvalue weighted by Crippen LogP contribution is -2.31. The number of benzene rings is 2. The molecule has 1 fully saturated rings. The first-order valence-electron chi connectivity index (χ1n) is 14.4. The number of rotatable bonds is 8. The number of piperidine rings is 1. The fourth-order valence-corrected chi connectivity index (χ4v) is 6.04. The normalized spacial score (nSPS) is 15.5. The maximum Gasteiger partial charge on any atom is 0.261 e. The van der Waals surface area contributed by atoms with Crippen LogP contribution < -0.4 is 15.6 Å². The van der Waals surface area contributed by atoms with Gasteiger partial charge in [-0.3, -0.25) is 4.79 Å². The van der Waals surface area contributed by atoms with E-state index in [2.05, 4.69) is 27.2 Å². The van der Waals surface area contributed by atoms with Crippen LogP contribution >= 0.6 is 0 Å². The summed E-state index contributed by atoms with van der Waals surface area (Å²) in [6, 6.07) is 9.91. The molecular weight excluding hydrogens is 532 g/mol. The molecule has 0 spiro atoms. The van der Waals surface area contributed by atoms with Crippen LogP contribution in [0.25, 0.3) is 33.2 Å². The van der Waals surface area contributed by atoms with E-state index in [1.165, 1.54) is 0 Å². The molecule has 1 saturated heterocycles. The van der Waals surface area contributed by atoms with E-state index in [1.54, 1.807) is 12.3 Å². The van der Waals surface area contributed by atoms with E-state index >= 15 is 0 Å². The maximum atomic E-state index is 13.0. The number of nitrogens with zero attached hydrogens (tertiary/aromatic N) is 3. The molecule has 3 aromatic heterocycles. The maximum absolute atomic E-state index is 13.0. The molecule has 42 heavy (non-hydrogen) atoms. The minimum Gasteiger partial charge on any atom is -0.494 e. The Kier molecular flexibility index (Phi) is 7.42. The summed E-state index contributed by atoms with van der Waals surface area (Å²) in [7, 11) is 2.13. The van der Waals surface area contributed by atoms with Crippen LogP contribution in [0.4, 0.5) is 5.69 Å². The van der Waals surface area contributed by atoms with Crippen molar-refractivity contribution in [3.05, 3.63) is 69.8 Å². The first-order valence-corrected chi connectivity index (χ1v) is 14.4. The first-order chi connectivity index (χ1) is 20.2. The van der Waals surface area contributed by atoms with Gasteiger partial charge in [0.15, 0.2) is 5.88 Å². The monoisotopic (exact) mass is 570 g/mol. The van der Waals surface area contributed by atoms with Crippen molar-refractivity contribution in [2.45, 2.75) is 45.8 Å². The van der Waals surface area contributed by atoms with Crippen LogP contribution in [0.15, 0.2) is 47.5 Å². The van der Waals surface area contributed by atoms with Gasteiger partial charge in [-0.1, -0.05) is 17.7 Å². The molecule has 1 aliphatic heterocycles. The van der Waals surface area contributed by atoms with Gasteiger partial charge in [0.05, 0.1) is 16.7 Å². The van der Waals surface area contributed by atoms with Gasteiger partial charge in [0.1, 0.15) is 29.8 Å². The second-order valence-electron chi connectivity index (χ2n) is 11.6. The Bertz CT molecular complexity index is 1810.